The summed E-state index contributed by atoms with van der Waals surface area (Å²) in [5.41, 5.74) is 21.5. The van der Waals surface area contributed by atoms with Gasteiger partial charge in [0.15, 0.2) is 0 Å². The molecule has 0 amide bonds. The van der Waals surface area contributed by atoms with Crippen molar-refractivity contribution in [2.45, 2.75) is 25.7 Å². The largest absolute Gasteiger partial charge is 0.292 e. The summed E-state index contributed by atoms with van der Waals surface area (Å²) < 4.78 is 2.28. The number of benzene rings is 7. The number of rotatable bonds is 7. The van der Waals surface area contributed by atoms with Crippen LogP contribution in [0.4, 0.5) is 0 Å². The molecule has 0 aliphatic heterocycles. The number of aryl methyl sites for hydroxylation is 2. The molecule has 2 aliphatic rings. The summed E-state index contributed by atoms with van der Waals surface area (Å²) in [5, 5.41) is 0. The molecule has 0 bridgehead atoms. The van der Waals surface area contributed by atoms with E-state index in [0.717, 1.165) is 70.6 Å². The van der Waals surface area contributed by atoms with Gasteiger partial charge in [0, 0.05) is 28.6 Å². The molecule has 0 spiro atoms. The molecule has 59 heavy (non-hydrogen) atoms. The molecule has 9 aromatic rings. The molecular formula is C56H41N3. The van der Waals surface area contributed by atoms with E-state index in [-0.39, 0.29) is 0 Å². The lowest BCUT2D eigenvalue weighted by Gasteiger charge is -2.18. The van der Waals surface area contributed by atoms with Gasteiger partial charge in [-0.25, -0.2) is 4.98 Å². The molecule has 280 valence electrons. The molecule has 0 radical (unpaired) electrons. The maximum absolute atomic E-state index is 5.09. The van der Waals surface area contributed by atoms with Crippen molar-refractivity contribution in [3.63, 3.8) is 0 Å². The summed E-state index contributed by atoms with van der Waals surface area (Å²) >= 11 is 0. The van der Waals surface area contributed by atoms with Crippen molar-refractivity contribution in [2.24, 2.45) is 0 Å². The average molecular weight is 756 g/mol. The van der Waals surface area contributed by atoms with Gasteiger partial charge in [0.05, 0.1) is 16.7 Å². The van der Waals surface area contributed by atoms with Gasteiger partial charge in [-0.1, -0.05) is 158 Å². The summed E-state index contributed by atoms with van der Waals surface area (Å²) in [6.45, 7) is 0. The number of aromatic nitrogens is 3. The van der Waals surface area contributed by atoms with Gasteiger partial charge in [-0.2, -0.15) is 0 Å². The fourth-order valence-electron chi connectivity index (χ4n) is 9.07. The highest BCUT2D eigenvalue weighted by Gasteiger charge is 2.18. The molecule has 2 aliphatic carbocycles. The van der Waals surface area contributed by atoms with E-state index >= 15 is 0 Å². The van der Waals surface area contributed by atoms with E-state index in [0.29, 0.717) is 0 Å². The Kier molecular flexibility index (Phi) is 8.78. The summed E-state index contributed by atoms with van der Waals surface area (Å²) in [6, 6.07) is 63.9. The predicted molar refractivity (Wildman–Crippen MR) is 245 cm³/mol. The molecule has 0 saturated carbocycles. The van der Waals surface area contributed by atoms with Crippen molar-refractivity contribution < 1.29 is 0 Å². The Labute approximate surface area is 345 Å². The maximum atomic E-state index is 5.09. The standard InChI is InChI=1S/C56H41N3/c1-2-13-45(14-3-1)56-58-53-19-8-9-20-54(53)59(56)47-32-29-43(30-33-47)52-37-46(38-21-23-41(24-22-38)49-18-10-15-39-11-4-6-16-48(39)49)31-34-50(52)42-25-27-44(28-26-42)55-51-17-7-5-12-40(51)35-36-57-55/h1-4,6-9,11,13-14,16-37H,5,10,12,15H2. The highest BCUT2D eigenvalue weighted by atomic mass is 15.1. The van der Waals surface area contributed by atoms with Crippen LogP contribution in [0.15, 0.2) is 194 Å². The molecule has 11 rings (SSSR count). The minimum absolute atomic E-state index is 0.933. The predicted octanol–water partition coefficient (Wildman–Crippen LogP) is 14.1. The van der Waals surface area contributed by atoms with Gasteiger partial charge in [-0.15, -0.1) is 0 Å². The second-order valence-corrected chi connectivity index (χ2v) is 15.6. The van der Waals surface area contributed by atoms with Gasteiger partial charge in [-0.05, 0) is 123 Å². The van der Waals surface area contributed by atoms with Crippen LogP contribution in [0.5, 0.6) is 0 Å². The van der Waals surface area contributed by atoms with E-state index < -0.39 is 0 Å². The molecule has 0 atom stereocenters. The van der Waals surface area contributed by atoms with E-state index in [4.69, 9.17) is 9.97 Å². The highest BCUT2D eigenvalue weighted by molar-refractivity contribution is 5.90. The summed E-state index contributed by atoms with van der Waals surface area (Å²) in [6.07, 6.45) is 13.2. The lowest BCUT2D eigenvalue weighted by atomic mass is 9.86. The zero-order valence-corrected chi connectivity index (χ0v) is 32.7. The first-order valence-electron chi connectivity index (χ1n) is 20.7. The third kappa shape index (κ3) is 6.42. The van der Waals surface area contributed by atoms with Gasteiger partial charge in [-0.3, -0.25) is 9.55 Å². The number of pyridine rings is 1. The fraction of sp³-hybridized carbons (Fsp3) is 0.0714. The van der Waals surface area contributed by atoms with Gasteiger partial charge in [0.25, 0.3) is 0 Å². The fourth-order valence-corrected chi connectivity index (χ4v) is 9.07. The second kappa shape index (κ2) is 14.9. The van der Waals surface area contributed by atoms with Crippen LogP contribution < -0.4 is 0 Å². The van der Waals surface area contributed by atoms with Crippen LogP contribution in [0.2, 0.25) is 0 Å². The summed E-state index contributed by atoms with van der Waals surface area (Å²) in [5.74, 6) is 0.933. The van der Waals surface area contributed by atoms with Crippen LogP contribution in [0.1, 0.15) is 40.7 Å². The number of imidazole rings is 1. The number of hydrogen-bond acceptors (Lipinski definition) is 2. The minimum atomic E-state index is 0.933. The Hall–Kier alpha value is -7.36. The zero-order chi connectivity index (χ0) is 39.1. The van der Waals surface area contributed by atoms with E-state index in [1.54, 1.807) is 0 Å². The summed E-state index contributed by atoms with van der Waals surface area (Å²) in [4.78, 5) is 9.92. The van der Waals surface area contributed by atoms with Crippen molar-refractivity contribution >= 4 is 22.7 Å². The molecule has 0 N–H and O–H groups in total. The normalized spacial score (nSPS) is 13.2. The Morgan fingerprint density at radius 2 is 1.14 bits per heavy atom. The lowest BCUT2D eigenvalue weighted by molar-refractivity contribution is 0.978. The van der Waals surface area contributed by atoms with Gasteiger partial charge in [0.2, 0.25) is 0 Å². The molecule has 0 unspecified atom stereocenters. The number of hydrogen-bond donors (Lipinski definition) is 0. The Balaban J connectivity index is 0.998. The van der Waals surface area contributed by atoms with Crippen molar-refractivity contribution in [3.8, 4) is 61.7 Å². The number of para-hydroxylation sites is 2. The molecule has 3 heteroatoms. The molecule has 0 fully saturated rings. The van der Waals surface area contributed by atoms with Crippen LogP contribution in [0.25, 0.3) is 84.4 Å². The zero-order valence-electron chi connectivity index (χ0n) is 32.7. The third-order valence-electron chi connectivity index (χ3n) is 12.1. The smallest absolute Gasteiger partial charge is 0.145 e. The van der Waals surface area contributed by atoms with Crippen LogP contribution in [0, 0.1) is 0 Å². The molecular weight excluding hydrogens is 715 g/mol. The first-order valence-corrected chi connectivity index (χ1v) is 20.7. The average Bonchev–Trinajstić information content (AvgIpc) is 3.71. The summed E-state index contributed by atoms with van der Waals surface area (Å²) in [7, 11) is 0. The van der Waals surface area contributed by atoms with Crippen LogP contribution in [-0.2, 0) is 12.8 Å². The lowest BCUT2D eigenvalue weighted by Crippen LogP contribution is -2.00. The van der Waals surface area contributed by atoms with Crippen molar-refractivity contribution in [1.82, 2.24) is 14.5 Å². The molecule has 0 saturated heterocycles. The van der Waals surface area contributed by atoms with Crippen molar-refractivity contribution in [1.29, 1.82) is 0 Å². The maximum Gasteiger partial charge on any atom is 0.145 e. The number of nitrogens with zero attached hydrogens (tertiary/aromatic N) is 3. The first kappa shape index (κ1) is 34.9. The minimum Gasteiger partial charge on any atom is -0.292 e. The van der Waals surface area contributed by atoms with Gasteiger partial charge >= 0.3 is 0 Å². The monoisotopic (exact) mass is 755 g/mol. The molecule has 7 aromatic carbocycles. The second-order valence-electron chi connectivity index (χ2n) is 15.6. The van der Waals surface area contributed by atoms with E-state index in [2.05, 4.69) is 199 Å². The SMILES string of the molecule is C1=Cc2c(ccnc2-c2ccc(-c3ccc(-c4ccc(C5=CCCc6ccccc65)cc4)cc3-c3ccc(-n4c(-c5ccccc5)nc5ccccc54)cc3)cc2)CC1. The topological polar surface area (TPSA) is 30.7 Å². The van der Waals surface area contributed by atoms with Gasteiger partial charge < -0.3 is 0 Å². The Bertz CT molecular complexity index is 3060. The molecule has 3 nitrogen and oxygen atoms in total. The number of allylic oxidation sites excluding steroid dienone is 2. The van der Waals surface area contributed by atoms with E-state index in [1.807, 2.05) is 6.20 Å². The molecule has 2 heterocycles. The molecule has 2 aromatic heterocycles. The highest BCUT2D eigenvalue weighted by Crippen LogP contribution is 2.39. The van der Waals surface area contributed by atoms with Crippen LogP contribution >= 0.6 is 0 Å². The van der Waals surface area contributed by atoms with Crippen LogP contribution in [-0.4, -0.2) is 14.5 Å². The first-order chi connectivity index (χ1) is 29.2. The van der Waals surface area contributed by atoms with E-state index in [1.165, 1.54) is 61.2 Å². The van der Waals surface area contributed by atoms with Crippen molar-refractivity contribution in [2.75, 3.05) is 0 Å². The van der Waals surface area contributed by atoms with Gasteiger partial charge in [0.1, 0.15) is 5.82 Å². The van der Waals surface area contributed by atoms with Crippen molar-refractivity contribution in [3.05, 3.63) is 222 Å². The quantitative estimate of drug-likeness (QED) is 0.162. The Morgan fingerprint density at radius 3 is 2.00 bits per heavy atom. The van der Waals surface area contributed by atoms with Crippen LogP contribution in [0.3, 0.4) is 0 Å². The van der Waals surface area contributed by atoms with E-state index in [9.17, 15) is 0 Å². The number of fused-ring (bicyclic) bond motifs is 3. The third-order valence-corrected chi connectivity index (χ3v) is 12.1. The Morgan fingerprint density at radius 1 is 0.458 bits per heavy atom.